The van der Waals surface area contributed by atoms with Crippen LogP contribution in [0, 0.1) is 0 Å². The van der Waals surface area contributed by atoms with Gasteiger partial charge in [-0.1, -0.05) is 0 Å². The second-order valence-electron chi connectivity index (χ2n) is 5.23. The molecule has 0 aliphatic heterocycles. The lowest BCUT2D eigenvalue weighted by molar-refractivity contribution is 0.0601. The Kier molecular flexibility index (Phi) is 4.88. The molecule has 2 N–H and O–H groups in total. The minimum atomic E-state index is -0.309. The molecule has 120 valence electrons. The lowest BCUT2D eigenvalue weighted by atomic mass is 9.95. The van der Waals surface area contributed by atoms with Gasteiger partial charge in [-0.15, -0.1) is 11.3 Å². The number of nitrogens with zero attached hydrogens (tertiary/aromatic N) is 1. The molecule has 2 aromatic rings. The maximum Gasteiger partial charge on any atom is 0.341 e. The maximum atomic E-state index is 12.2. The first-order valence-electron chi connectivity index (χ1n) is 7.40. The highest BCUT2D eigenvalue weighted by Gasteiger charge is 2.26. The van der Waals surface area contributed by atoms with Gasteiger partial charge in [-0.3, -0.25) is 4.98 Å². The average Bonchev–Trinajstić information content (AvgIpc) is 2.92. The molecule has 2 aromatic heterocycles. The molecule has 0 bridgehead atoms. The van der Waals surface area contributed by atoms with Crippen LogP contribution in [0.25, 0.3) is 0 Å². The van der Waals surface area contributed by atoms with Gasteiger partial charge in [-0.25, -0.2) is 4.79 Å². The van der Waals surface area contributed by atoms with Gasteiger partial charge in [-0.2, -0.15) is 0 Å². The number of pyridine rings is 1. The lowest BCUT2D eigenvalue weighted by Gasteiger charge is -2.12. The fourth-order valence-electron chi connectivity index (χ4n) is 2.67. The molecule has 0 saturated carbocycles. The number of thiophene rings is 1. The molecule has 0 spiro atoms. The van der Waals surface area contributed by atoms with E-state index >= 15 is 0 Å². The van der Waals surface area contributed by atoms with Crippen LogP contribution < -0.4 is 10.6 Å². The molecule has 1 aliphatic rings. The molecule has 3 rings (SSSR count). The van der Waals surface area contributed by atoms with E-state index in [1.165, 1.54) is 12.0 Å². The van der Waals surface area contributed by atoms with E-state index in [1.54, 1.807) is 23.7 Å². The van der Waals surface area contributed by atoms with Gasteiger partial charge in [-0.05, 0) is 55.6 Å². The van der Waals surface area contributed by atoms with E-state index in [1.807, 2.05) is 12.1 Å². The number of aromatic nitrogens is 1. The van der Waals surface area contributed by atoms with Crippen LogP contribution in [-0.2, 0) is 17.6 Å². The minimum absolute atomic E-state index is 0.309. The maximum absolute atomic E-state index is 12.2. The number of aryl methyl sites for hydroxylation is 1. The zero-order valence-corrected chi connectivity index (χ0v) is 14.4. The number of esters is 1. The van der Waals surface area contributed by atoms with Gasteiger partial charge in [0.25, 0.3) is 0 Å². The van der Waals surface area contributed by atoms with Crippen molar-refractivity contribution in [3.63, 3.8) is 0 Å². The Morgan fingerprint density at radius 2 is 2.17 bits per heavy atom. The van der Waals surface area contributed by atoms with Crippen LogP contribution in [0.2, 0.25) is 0 Å². The molecule has 0 amide bonds. The Bertz CT molecular complexity index is 728. The summed E-state index contributed by atoms with van der Waals surface area (Å²) in [5.74, 6) is -0.309. The van der Waals surface area contributed by atoms with E-state index in [4.69, 9.17) is 17.0 Å². The highest BCUT2D eigenvalue weighted by atomic mass is 32.1. The topological polar surface area (TPSA) is 63.2 Å². The van der Waals surface area contributed by atoms with Gasteiger partial charge >= 0.3 is 5.97 Å². The van der Waals surface area contributed by atoms with Crippen molar-refractivity contribution in [2.24, 2.45) is 0 Å². The zero-order valence-electron chi connectivity index (χ0n) is 12.7. The molecular formula is C16H17N3O2S2. The van der Waals surface area contributed by atoms with Crippen LogP contribution in [0.5, 0.6) is 0 Å². The van der Waals surface area contributed by atoms with Crippen LogP contribution in [0.1, 0.15) is 33.6 Å². The second kappa shape index (κ2) is 7.06. The summed E-state index contributed by atoms with van der Waals surface area (Å²) in [6.45, 7) is 0. The van der Waals surface area contributed by atoms with Gasteiger partial charge in [0.15, 0.2) is 5.11 Å². The fourth-order valence-corrected chi connectivity index (χ4v) is 4.24. The normalized spacial score (nSPS) is 13.1. The summed E-state index contributed by atoms with van der Waals surface area (Å²) in [6.07, 6.45) is 7.58. The summed E-state index contributed by atoms with van der Waals surface area (Å²) in [5.41, 5.74) is 2.54. The number of ether oxygens (including phenoxy) is 1. The fraction of sp³-hybridized carbons (Fsp3) is 0.312. The lowest BCUT2D eigenvalue weighted by Crippen LogP contribution is -2.20. The summed E-state index contributed by atoms with van der Waals surface area (Å²) in [6, 6.07) is 3.70. The van der Waals surface area contributed by atoms with Crippen molar-refractivity contribution in [2.75, 3.05) is 17.7 Å². The monoisotopic (exact) mass is 347 g/mol. The van der Waals surface area contributed by atoms with Gasteiger partial charge in [0.1, 0.15) is 5.00 Å². The van der Waals surface area contributed by atoms with E-state index in [0.29, 0.717) is 10.7 Å². The molecule has 0 unspecified atom stereocenters. The van der Waals surface area contributed by atoms with Gasteiger partial charge < -0.3 is 15.4 Å². The Morgan fingerprint density at radius 1 is 1.35 bits per heavy atom. The van der Waals surface area contributed by atoms with Crippen molar-refractivity contribution < 1.29 is 9.53 Å². The number of hydrogen-bond acceptors (Lipinski definition) is 5. The number of carbonyl (C=O) groups excluding carboxylic acids is 1. The van der Waals surface area contributed by atoms with E-state index in [9.17, 15) is 4.79 Å². The van der Waals surface area contributed by atoms with Gasteiger partial charge in [0, 0.05) is 11.1 Å². The van der Waals surface area contributed by atoms with Gasteiger partial charge in [0.2, 0.25) is 0 Å². The molecule has 23 heavy (non-hydrogen) atoms. The Hall–Kier alpha value is -1.99. The zero-order chi connectivity index (χ0) is 16.2. The highest BCUT2D eigenvalue weighted by molar-refractivity contribution is 7.80. The number of methoxy groups -OCH3 is 1. The third kappa shape index (κ3) is 3.51. The molecule has 7 heteroatoms. The molecule has 0 aromatic carbocycles. The van der Waals surface area contributed by atoms with Crippen molar-refractivity contribution in [1.29, 1.82) is 0 Å². The number of rotatable bonds is 3. The number of fused-ring (bicyclic) bond motifs is 1. The van der Waals surface area contributed by atoms with E-state index in [-0.39, 0.29) is 5.97 Å². The van der Waals surface area contributed by atoms with Crippen molar-refractivity contribution in [3.8, 4) is 0 Å². The Morgan fingerprint density at radius 3 is 2.91 bits per heavy atom. The smallest absolute Gasteiger partial charge is 0.341 e. The van der Waals surface area contributed by atoms with Crippen molar-refractivity contribution >= 4 is 45.3 Å². The molecule has 0 atom stereocenters. The average molecular weight is 347 g/mol. The Labute approximate surface area is 144 Å². The van der Waals surface area contributed by atoms with Crippen LogP contribution >= 0.6 is 23.6 Å². The second-order valence-corrected chi connectivity index (χ2v) is 6.74. The van der Waals surface area contributed by atoms with Crippen LogP contribution in [0.4, 0.5) is 10.7 Å². The predicted octanol–water partition coefficient (Wildman–Crippen LogP) is 3.62. The van der Waals surface area contributed by atoms with E-state index in [0.717, 1.165) is 41.9 Å². The number of thiocarbonyl (C=S) groups is 1. The quantitative estimate of drug-likeness (QED) is 0.653. The first kappa shape index (κ1) is 15.9. The molecule has 5 nitrogen and oxygen atoms in total. The first-order valence-corrected chi connectivity index (χ1v) is 8.62. The number of nitrogens with one attached hydrogen (secondary N) is 2. The molecule has 0 saturated heterocycles. The standard InChI is InChI=1S/C16H17N3O2S2/c1-21-15(20)13-11-6-2-3-7-12(11)23-14(13)19-16(22)18-10-5-4-8-17-9-10/h4-5,8-9H,2-3,6-7H2,1H3,(H2,18,19,22). The number of carbonyl (C=O) groups is 1. The largest absolute Gasteiger partial charge is 0.465 e. The molecule has 1 aliphatic carbocycles. The summed E-state index contributed by atoms with van der Waals surface area (Å²) >= 11 is 6.94. The van der Waals surface area contributed by atoms with Crippen LogP contribution in [0.3, 0.4) is 0 Å². The van der Waals surface area contributed by atoms with Crippen LogP contribution in [0.15, 0.2) is 24.5 Å². The summed E-state index contributed by atoms with van der Waals surface area (Å²) in [7, 11) is 1.41. The number of anilines is 2. The highest BCUT2D eigenvalue weighted by Crippen LogP contribution is 2.38. The van der Waals surface area contributed by atoms with Crippen molar-refractivity contribution in [1.82, 2.24) is 4.98 Å². The summed E-state index contributed by atoms with van der Waals surface area (Å²) in [4.78, 5) is 17.5. The summed E-state index contributed by atoms with van der Waals surface area (Å²) < 4.78 is 4.96. The van der Waals surface area contributed by atoms with Gasteiger partial charge in [0.05, 0.1) is 24.6 Å². The SMILES string of the molecule is COC(=O)c1c(NC(=S)Nc2cccnc2)sc2c1CCCC2. The van der Waals surface area contributed by atoms with Crippen molar-refractivity contribution in [3.05, 3.63) is 40.5 Å². The van der Waals surface area contributed by atoms with Crippen LogP contribution in [-0.4, -0.2) is 23.2 Å². The molecule has 0 fully saturated rings. The number of hydrogen-bond donors (Lipinski definition) is 2. The third-order valence-electron chi connectivity index (χ3n) is 3.71. The first-order chi connectivity index (χ1) is 11.2. The molecule has 2 heterocycles. The van der Waals surface area contributed by atoms with Crippen molar-refractivity contribution in [2.45, 2.75) is 25.7 Å². The van der Waals surface area contributed by atoms with E-state index in [2.05, 4.69) is 15.6 Å². The Balaban J connectivity index is 1.83. The molecular weight excluding hydrogens is 330 g/mol. The predicted molar refractivity (Wildman–Crippen MR) is 96.4 cm³/mol. The minimum Gasteiger partial charge on any atom is -0.465 e. The third-order valence-corrected chi connectivity index (χ3v) is 5.12. The summed E-state index contributed by atoms with van der Waals surface area (Å²) in [5, 5.41) is 7.40. The molecule has 0 radical (unpaired) electrons. The van der Waals surface area contributed by atoms with E-state index < -0.39 is 0 Å².